The molecule has 0 heterocycles. The van der Waals surface area contributed by atoms with Crippen LogP contribution in [0.25, 0.3) is 0 Å². The molecule has 0 aromatic heterocycles. The van der Waals surface area contributed by atoms with Crippen LogP contribution in [0.4, 0.5) is 0 Å². The monoisotopic (exact) mass is 305 g/mol. The van der Waals surface area contributed by atoms with Crippen LogP contribution in [0.2, 0.25) is 0 Å². The topological polar surface area (TPSA) is 75.6 Å². The van der Waals surface area contributed by atoms with Crippen LogP contribution in [0.3, 0.4) is 0 Å². The van der Waals surface area contributed by atoms with Crippen molar-refractivity contribution in [1.29, 1.82) is 0 Å². The lowest BCUT2D eigenvalue weighted by Crippen LogP contribution is -2.43. The Kier molecular flexibility index (Phi) is 5.95. The van der Waals surface area contributed by atoms with Crippen LogP contribution in [0.5, 0.6) is 0 Å². The second kappa shape index (κ2) is 7.94. The van der Waals surface area contributed by atoms with Crippen molar-refractivity contribution in [2.75, 3.05) is 13.2 Å². The molecule has 0 saturated carbocycles. The highest BCUT2D eigenvalue weighted by Crippen LogP contribution is 2.34. The molecule has 2 atom stereocenters. The van der Waals surface area contributed by atoms with Crippen LogP contribution in [0.1, 0.15) is 43.2 Å². The molecule has 1 aromatic rings. The van der Waals surface area contributed by atoms with Gasteiger partial charge in [-0.1, -0.05) is 24.3 Å². The van der Waals surface area contributed by atoms with E-state index >= 15 is 0 Å². The van der Waals surface area contributed by atoms with Gasteiger partial charge in [0.15, 0.2) is 0 Å². The Hall–Kier alpha value is -1.88. The standard InChI is InChI=1S/C17H23NO4/c1-2-22-11-16(19)18-15(17(20)21)10-13-8-5-7-12-6-3-4-9-14(12)13/h3-4,6,9,13,15H,2,5,7-8,10-11H2,1H3,(H,18,19)(H,20,21). The fourth-order valence-corrected chi connectivity index (χ4v) is 3.04. The first kappa shape index (κ1) is 16.5. The van der Waals surface area contributed by atoms with Crippen molar-refractivity contribution < 1.29 is 19.4 Å². The van der Waals surface area contributed by atoms with E-state index in [0.29, 0.717) is 13.0 Å². The van der Waals surface area contributed by atoms with Gasteiger partial charge in [0.05, 0.1) is 0 Å². The minimum atomic E-state index is -0.993. The molecule has 0 radical (unpaired) electrons. The number of aryl methyl sites for hydroxylation is 1. The highest BCUT2D eigenvalue weighted by Gasteiger charge is 2.27. The molecule has 1 aliphatic rings. The van der Waals surface area contributed by atoms with E-state index < -0.39 is 12.0 Å². The first-order valence-electron chi connectivity index (χ1n) is 7.79. The molecule has 2 N–H and O–H groups in total. The zero-order valence-corrected chi connectivity index (χ0v) is 12.9. The van der Waals surface area contributed by atoms with E-state index in [1.54, 1.807) is 6.92 Å². The number of carbonyl (C=O) groups is 2. The maximum atomic E-state index is 11.7. The van der Waals surface area contributed by atoms with E-state index in [-0.39, 0.29) is 18.4 Å². The summed E-state index contributed by atoms with van der Waals surface area (Å²) in [5.74, 6) is -1.19. The van der Waals surface area contributed by atoms with Crippen LogP contribution >= 0.6 is 0 Å². The van der Waals surface area contributed by atoms with Gasteiger partial charge in [-0.05, 0) is 49.7 Å². The van der Waals surface area contributed by atoms with Gasteiger partial charge in [0.1, 0.15) is 12.6 Å². The Bertz CT molecular complexity index is 529. The van der Waals surface area contributed by atoms with E-state index in [1.807, 2.05) is 12.1 Å². The smallest absolute Gasteiger partial charge is 0.326 e. The maximum absolute atomic E-state index is 11.7. The Morgan fingerprint density at radius 3 is 2.91 bits per heavy atom. The van der Waals surface area contributed by atoms with Crippen LogP contribution < -0.4 is 5.32 Å². The van der Waals surface area contributed by atoms with Gasteiger partial charge in [0, 0.05) is 6.61 Å². The number of carboxylic acid groups (broad SMARTS) is 1. The molecule has 5 nitrogen and oxygen atoms in total. The average Bonchev–Trinajstić information content (AvgIpc) is 2.52. The first-order valence-corrected chi connectivity index (χ1v) is 7.79. The lowest BCUT2D eigenvalue weighted by Gasteiger charge is -2.28. The molecule has 22 heavy (non-hydrogen) atoms. The minimum Gasteiger partial charge on any atom is -0.480 e. The van der Waals surface area contributed by atoms with Gasteiger partial charge < -0.3 is 15.2 Å². The molecule has 0 bridgehead atoms. The van der Waals surface area contributed by atoms with Crippen molar-refractivity contribution in [1.82, 2.24) is 5.32 Å². The molecule has 1 aromatic carbocycles. The number of hydrogen-bond acceptors (Lipinski definition) is 3. The molecule has 2 rings (SSSR count). The van der Waals surface area contributed by atoms with Gasteiger partial charge >= 0.3 is 5.97 Å². The number of carbonyl (C=O) groups excluding carboxylic acids is 1. The summed E-state index contributed by atoms with van der Waals surface area (Å²) in [7, 11) is 0. The Labute approximate surface area is 130 Å². The van der Waals surface area contributed by atoms with Gasteiger partial charge in [0.25, 0.3) is 0 Å². The molecule has 0 saturated heterocycles. The van der Waals surface area contributed by atoms with Gasteiger partial charge in [-0.3, -0.25) is 4.79 Å². The summed E-state index contributed by atoms with van der Waals surface area (Å²) in [6, 6.07) is 7.30. The Balaban J connectivity index is 2.03. The summed E-state index contributed by atoms with van der Waals surface area (Å²) in [5, 5.41) is 11.9. The zero-order chi connectivity index (χ0) is 15.9. The highest BCUT2D eigenvalue weighted by molar-refractivity contribution is 5.84. The summed E-state index contributed by atoms with van der Waals surface area (Å²) in [4.78, 5) is 23.1. The van der Waals surface area contributed by atoms with Crippen molar-refractivity contribution in [3.63, 3.8) is 0 Å². The first-order chi connectivity index (χ1) is 10.6. The molecule has 120 valence electrons. The predicted octanol–water partition coefficient (Wildman–Crippen LogP) is 2.10. The molecule has 5 heteroatoms. The van der Waals surface area contributed by atoms with E-state index in [9.17, 15) is 14.7 Å². The van der Waals surface area contributed by atoms with Crippen molar-refractivity contribution >= 4 is 11.9 Å². The second-order valence-corrected chi connectivity index (χ2v) is 5.62. The average molecular weight is 305 g/mol. The summed E-state index contributed by atoms with van der Waals surface area (Å²) in [5.41, 5.74) is 2.52. The van der Waals surface area contributed by atoms with Gasteiger partial charge in [-0.15, -0.1) is 0 Å². The molecule has 1 amide bonds. The third-order valence-corrected chi connectivity index (χ3v) is 4.08. The fraction of sp³-hybridized carbons (Fsp3) is 0.529. The number of ether oxygens (including phenoxy) is 1. The number of aliphatic carboxylic acids is 1. The van der Waals surface area contributed by atoms with E-state index in [2.05, 4.69) is 17.4 Å². The predicted molar refractivity (Wildman–Crippen MR) is 82.8 cm³/mol. The normalized spacial score (nSPS) is 18.3. The maximum Gasteiger partial charge on any atom is 0.326 e. The molecular weight excluding hydrogens is 282 g/mol. The number of rotatable bonds is 7. The molecule has 1 aliphatic carbocycles. The summed E-state index contributed by atoms with van der Waals surface area (Å²) in [6.07, 6.45) is 3.48. The largest absolute Gasteiger partial charge is 0.480 e. The minimum absolute atomic E-state index is 0.0957. The van der Waals surface area contributed by atoms with Gasteiger partial charge in [-0.2, -0.15) is 0 Å². The lowest BCUT2D eigenvalue weighted by molar-refractivity contribution is -0.142. The molecule has 2 unspecified atom stereocenters. The molecule has 0 spiro atoms. The highest BCUT2D eigenvalue weighted by atomic mass is 16.5. The zero-order valence-electron chi connectivity index (χ0n) is 12.9. The van der Waals surface area contributed by atoms with Crippen molar-refractivity contribution in [3.8, 4) is 0 Å². The van der Waals surface area contributed by atoms with Crippen LogP contribution in [-0.4, -0.2) is 36.2 Å². The summed E-state index contributed by atoms with van der Waals surface area (Å²) >= 11 is 0. The van der Waals surface area contributed by atoms with E-state index in [0.717, 1.165) is 19.3 Å². The Morgan fingerprint density at radius 2 is 2.18 bits per heavy atom. The van der Waals surface area contributed by atoms with Gasteiger partial charge in [-0.25, -0.2) is 4.79 Å². The quantitative estimate of drug-likeness (QED) is 0.809. The van der Waals surface area contributed by atoms with E-state index in [1.165, 1.54) is 11.1 Å². The number of amides is 1. The fourth-order valence-electron chi connectivity index (χ4n) is 3.04. The third-order valence-electron chi connectivity index (χ3n) is 4.08. The summed E-state index contributed by atoms with van der Waals surface area (Å²) in [6.45, 7) is 2.13. The number of benzene rings is 1. The van der Waals surface area contributed by atoms with Crippen molar-refractivity contribution in [2.45, 2.75) is 44.6 Å². The van der Waals surface area contributed by atoms with E-state index in [4.69, 9.17) is 4.74 Å². The van der Waals surface area contributed by atoms with Crippen LogP contribution in [-0.2, 0) is 20.7 Å². The number of hydrogen-bond donors (Lipinski definition) is 2. The molecule has 0 aliphatic heterocycles. The lowest BCUT2D eigenvalue weighted by atomic mass is 9.79. The Morgan fingerprint density at radius 1 is 1.41 bits per heavy atom. The summed E-state index contributed by atoms with van der Waals surface area (Å²) < 4.78 is 5.02. The second-order valence-electron chi connectivity index (χ2n) is 5.62. The number of carboxylic acids is 1. The van der Waals surface area contributed by atoms with Crippen molar-refractivity contribution in [2.24, 2.45) is 0 Å². The molecular formula is C17H23NO4. The van der Waals surface area contributed by atoms with Crippen LogP contribution in [0.15, 0.2) is 24.3 Å². The van der Waals surface area contributed by atoms with Gasteiger partial charge in [0.2, 0.25) is 5.91 Å². The SMILES string of the molecule is CCOCC(=O)NC(CC1CCCc2ccccc21)C(=O)O. The number of fused-ring (bicyclic) bond motifs is 1. The third kappa shape index (κ3) is 4.31. The van der Waals surface area contributed by atoms with Crippen molar-refractivity contribution in [3.05, 3.63) is 35.4 Å². The molecule has 0 fully saturated rings. The number of nitrogens with one attached hydrogen (secondary N) is 1. The van der Waals surface area contributed by atoms with Crippen LogP contribution in [0, 0.1) is 0 Å².